The van der Waals surface area contributed by atoms with E-state index < -0.39 is 29.8 Å². The van der Waals surface area contributed by atoms with Gasteiger partial charge in [0.05, 0.1) is 23.4 Å². The van der Waals surface area contributed by atoms with E-state index in [1.165, 1.54) is 6.07 Å². The normalized spacial score (nSPS) is 16.3. The second-order valence-corrected chi connectivity index (χ2v) is 11.7. The SMILES string of the molecule is Cc1cc(C(=O)NC(Cc2ccccc2)C(O)CNCc2cccc(C(F)(F)F)c2)cc(C(=O)N2CCCC2c2nc(C)co2)c1. The number of rotatable bonds is 11. The Morgan fingerprint density at radius 2 is 1.76 bits per heavy atom. The maximum Gasteiger partial charge on any atom is 0.416 e. The molecular formula is C35H37F3N4O4. The molecule has 2 heterocycles. The molecule has 242 valence electrons. The quantitative estimate of drug-likeness (QED) is 0.193. The number of alkyl halides is 3. The van der Waals surface area contributed by atoms with Crippen molar-refractivity contribution in [2.24, 2.45) is 0 Å². The first-order chi connectivity index (χ1) is 22.0. The Morgan fingerprint density at radius 3 is 2.48 bits per heavy atom. The van der Waals surface area contributed by atoms with Crippen LogP contribution in [0.4, 0.5) is 13.2 Å². The van der Waals surface area contributed by atoms with Crippen molar-refractivity contribution < 1.29 is 32.3 Å². The molecule has 0 saturated carbocycles. The van der Waals surface area contributed by atoms with Crippen molar-refractivity contribution in [3.05, 3.63) is 124 Å². The molecule has 1 aliphatic rings. The molecule has 0 spiro atoms. The minimum atomic E-state index is -4.45. The van der Waals surface area contributed by atoms with E-state index in [9.17, 15) is 27.9 Å². The van der Waals surface area contributed by atoms with Gasteiger partial charge in [0.25, 0.3) is 11.8 Å². The summed E-state index contributed by atoms with van der Waals surface area (Å²) in [4.78, 5) is 33.4. The van der Waals surface area contributed by atoms with Crippen LogP contribution in [0.15, 0.2) is 83.5 Å². The van der Waals surface area contributed by atoms with Crippen molar-refractivity contribution >= 4 is 11.8 Å². The maximum atomic E-state index is 13.7. The summed E-state index contributed by atoms with van der Waals surface area (Å²) in [6.45, 7) is 4.29. The van der Waals surface area contributed by atoms with Gasteiger partial charge >= 0.3 is 6.18 Å². The fourth-order valence-electron chi connectivity index (χ4n) is 5.76. The summed E-state index contributed by atoms with van der Waals surface area (Å²) in [5.74, 6) is -0.193. The zero-order chi connectivity index (χ0) is 32.8. The van der Waals surface area contributed by atoms with Gasteiger partial charge < -0.3 is 25.1 Å². The summed E-state index contributed by atoms with van der Waals surface area (Å²) < 4.78 is 45.0. The fraction of sp³-hybridized carbons (Fsp3) is 0.343. The Kier molecular flexibility index (Phi) is 10.2. The molecule has 8 nitrogen and oxygen atoms in total. The van der Waals surface area contributed by atoms with Crippen LogP contribution >= 0.6 is 0 Å². The van der Waals surface area contributed by atoms with Gasteiger partial charge in [-0.25, -0.2) is 4.98 Å². The highest BCUT2D eigenvalue weighted by Crippen LogP contribution is 2.33. The van der Waals surface area contributed by atoms with Crippen LogP contribution in [-0.4, -0.2) is 52.0 Å². The Bertz CT molecular complexity index is 1660. The Morgan fingerprint density at radius 1 is 1.02 bits per heavy atom. The van der Waals surface area contributed by atoms with Crippen LogP contribution in [0.1, 0.15) is 73.4 Å². The molecule has 4 aromatic rings. The van der Waals surface area contributed by atoms with Crippen molar-refractivity contribution in [3.8, 4) is 0 Å². The van der Waals surface area contributed by atoms with Gasteiger partial charge in [-0.05, 0) is 74.1 Å². The molecule has 3 aromatic carbocycles. The number of carbonyl (C=O) groups excluding carboxylic acids is 2. The number of benzene rings is 3. The summed E-state index contributed by atoms with van der Waals surface area (Å²) in [6, 6.07) is 18.3. The number of aliphatic hydroxyl groups is 1. The predicted octanol–water partition coefficient (Wildman–Crippen LogP) is 5.78. The zero-order valence-electron chi connectivity index (χ0n) is 25.7. The van der Waals surface area contributed by atoms with Crippen LogP contribution in [0, 0.1) is 13.8 Å². The summed E-state index contributed by atoms with van der Waals surface area (Å²) >= 11 is 0. The molecule has 11 heteroatoms. The Balaban J connectivity index is 1.29. The molecule has 3 unspecified atom stereocenters. The topological polar surface area (TPSA) is 108 Å². The van der Waals surface area contributed by atoms with Gasteiger partial charge in [-0.15, -0.1) is 0 Å². The highest BCUT2D eigenvalue weighted by molar-refractivity contribution is 6.00. The van der Waals surface area contributed by atoms with Crippen LogP contribution < -0.4 is 10.6 Å². The standard InChI is InChI=1S/C35H37F3N4O4/c1-22-14-26(18-27(15-22)34(45)42-13-7-12-30(42)33-40-23(2)21-46-33)32(44)41-29(17-24-8-4-3-5-9-24)31(43)20-39-19-25-10-6-11-28(16-25)35(36,37)38/h3-6,8-11,14-16,18,21,29-31,39,43H,7,12-13,17,19-20H2,1-2H3,(H,41,44). The number of nitrogens with one attached hydrogen (secondary N) is 2. The van der Waals surface area contributed by atoms with Crippen LogP contribution in [0.3, 0.4) is 0 Å². The van der Waals surface area contributed by atoms with E-state index in [2.05, 4.69) is 15.6 Å². The van der Waals surface area contributed by atoms with E-state index in [1.54, 1.807) is 42.4 Å². The van der Waals surface area contributed by atoms with Gasteiger partial charge in [0.2, 0.25) is 5.89 Å². The number of aliphatic hydroxyl groups excluding tert-OH is 1. The van der Waals surface area contributed by atoms with Crippen LogP contribution in [0.25, 0.3) is 0 Å². The monoisotopic (exact) mass is 634 g/mol. The van der Waals surface area contributed by atoms with Crippen LogP contribution in [0.5, 0.6) is 0 Å². The number of amides is 2. The van der Waals surface area contributed by atoms with Crippen LogP contribution in [0.2, 0.25) is 0 Å². The van der Waals surface area contributed by atoms with Crippen LogP contribution in [-0.2, 0) is 19.1 Å². The number of likely N-dealkylation sites (tertiary alicyclic amines) is 1. The molecule has 46 heavy (non-hydrogen) atoms. The highest BCUT2D eigenvalue weighted by atomic mass is 19.4. The molecule has 0 radical (unpaired) electrons. The summed E-state index contributed by atoms with van der Waals surface area (Å²) in [5.41, 5.74) is 2.65. The number of oxazole rings is 1. The largest absolute Gasteiger partial charge is 0.446 e. The molecule has 1 aromatic heterocycles. The molecule has 0 aliphatic carbocycles. The minimum Gasteiger partial charge on any atom is -0.446 e. The third-order valence-electron chi connectivity index (χ3n) is 8.04. The van der Waals surface area contributed by atoms with Crippen molar-refractivity contribution in [2.75, 3.05) is 13.1 Å². The summed E-state index contributed by atoms with van der Waals surface area (Å²) in [7, 11) is 0. The number of nitrogens with zero attached hydrogens (tertiary/aromatic N) is 2. The molecule has 5 rings (SSSR count). The summed E-state index contributed by atoms with van der Waals surface area (Å²) in [5, 5.41) is 17.1. The van der Waals surface area contributed by atoms with Gasteiger partial charge in [0, 0.05) is 30.8 Å². The maximum absolute atomic E-state index is 13.7. The van der Waals surface area contributed by atoms with Crippen molar-refractivity contribution in [2.45, 2.75) is 64.0 Å². The Hall–Kier alpha value is -4.48. The molecule has 3 atom stereocenters. The first kappa shape index (κ1) is 32.9. The third-order valence-corrected chi connectivity index (χ3v) is 8.04. The lowest BCUT2D eigenvalue weighted by Crippen LogP contribution is -2.48. The molecule has 3 N–H and O–H groups in total. The lowest BCUT2D eigenvalue weighted by atomic mass is 9.99. The van der Waals surface area contributed by atoms with E-state index in [1.807, 2.05) is 37.3 Å². The number of aromatic nitrogens is 1. The predicted molar refractivity (Wildman–Crippen MR) is 166 cm³/mol. The molecular weight excluding hydrogens is 597 g/mol. The third kappa shape index (κ3) is 8.21. The van der Waals surface area contributed by atoms with Gasteiger partial charge in [-0.2, -0.15) is 13.2 Å². The highest BCUT2D eigenvalue weighted by Gasteiger charge is 2.34. The summed E-state index contributed by atoms with van der Waals surface area (Å²) in [6.07, 6.45) is -2.12. The number of hydrogen-bond acceptors (Lipinski definition) is 6. The zero-order valence-corrected chi connectivity index (χ0v) is 25.7. The minimum absolute atomic E-state index is 0.0161. The van der Waals surface area contributed by atoms with E-state index in [0.717, 1.165) is 41.8 Å². The van der Waals surface area contributed by atoms with Gasteiger partial charge in [-0.3, -0.25) is 9.59 Å². The smallest absolute Gasteiger partial charge is 0.416 e. The van der Waals surface area contributed by atoms with Gasteiger partial charge in [0.1, 0.15) is 12.3 Å². The van der Waals surface area contributed by atoms with Gasteiger partial charge in [-0.1, -0.05) is 48.5 Å². The Labute approximate surface area is 265 Å². The fourth-order valence-corrected chi connectivity index (χ4v) is 5.76. The molecule has 2 amide bonds. The first-order valence-electron chi connectivity index (χ1n) is 15.2. The second-order valence-electron chi connectivity index (χ2n) is 11.7. The average molecular weight is 635 g/mol. The van der Waals surface area contributed by atoms with Crippen molar-refractivity contribution in [3.63, 3.8) is 0 Å². The molecule has 1 saturated heterocycles. The van der Waals surface area contributed by atoms with Crippen molar-refractivity contribution in [1.82, 2.24) is 20.5 Å². The number of hydrogen-bond donors (Lipinski definition) is 3. The lowest BCUT2D eigenvalue weighted by molar-refractivity contribution is -0.137. The first-order valence-corrected chi connectivity index (χ1v) is 15.2. The van der Waals surface area contributed by atoms with Gasteiger partial charge in [0.15, 0.2) is 0 Å². The van der Waals surface area contributed by atoms with E-state index in [4.69, 9.17) is 4.42 Å². The number of carbonyl (C=O) groups is 2. The van der Waals surface area contributed by atoms with E-state index in [0.29, 0.717) is 30.0 Å². The van der Waals surface area contributed by atoms with E-state index in [-0.39, 0.29) is 30.6 Å². The average Bonchev–Trinajstić information content (AvgIpc) is 3.69. The van der Waals surface area contributed by atoms with Crippen molar-refractivity contribution in [1.29, 1.82) is 0 Å². The number of halogens is 3. The number of aryl methyl sites for hydroxylation is 2. The molecule has 0 bridgehead atoms. The molecule has 1 fully saturated rings. The lowest BCUT2D eigenvalue weighted by Gasteiger charge is -2.25. The van der Waals surface area contributed by atoms with E-state index >= 15 is 0 Å². The molecule has 1 aliphatic heterocycles. The second kappa shape index (κ2) is 14.3.